The van der Waals surface area contributed by atoms with E-state index in [1.165, 1.54) is 42.8 Å². The SMILES string of the molecule is CN(C)C(=O)Oc1ccc(-c2cc3cc(CN4CCCCC4)ccc3[nH]2)c2c1CNC2=O. The summed E-state index contributed by atoms with van der Waals surface area (Å²) in [5.41, 5.74) is 5.32. The van der Waals surface area contributed by atoms with E-state index in [2.05, 4.69) is 39.5 Å². The molecule has 0 radical (unpaired) electrons. The molecule has 1 fully saturated rings. The number of carbonyl (C=O) groups is 2. The molecule has 0 spiro atoms. The molecule has 0 unspecified atom stereocenters. The van der Waals surface area contributed by atoms with Crippen molar-refractivity contribution in [2.45, 2.75) is 32.4 Å². The first kappa shape index (κ1) is 20.6. The molecule has 3 aromatic rings. The zero-order valence-corrected chi connectivity index (χ0v) is 18.5. The van der Waals surface area contributed by atoms with Crippen molar-refractivity contribution in [3.05, 3.63) is 53.1 Å². The Morgan fingerprint density at radius 3 is 2.69 bits per heavy atom. The zero-order chi connectivity index (χ0) is 22.2. The maximum atomic E-state index is 12.6. The number of aromatic nitrogens is 1. The van der Waals surface area contributed by atoms with Crippen LogP contribution in [0.25, 0.3) is 22.2 Å². The van der Waals surface area contributed by atoms with Gasteiger partial charge in [-0.2, -0.15) is 0 Å². The van der Waals surface area contributed by atoms with Crippen molar-refractivity contribution in [1.82, 2.24) is 20.1 Å². The summed E-state index contributed by atoms with van der Waals surface area (Å²) in [6.07, 6.45) is 3.43. The highest BCUT2D eigenvalue weighted by atomic mass is 16.6. The predicted octanol–water partition coefficient (Wildman–Crippen LogP) is 4.12. The van der Waals surface area contributed by atoms with Gasteiger partial charge in [0.05, 0.1) is 5.56 Å². The van der Waals surface area contributed by atoms with Crippen molar-refractivity contribution in [3.8, 4) is 17.0 Å². The zero-order valence-electron chi connectivity index (χ0n) is 18.5. The van der Waals surface area contributed by atoms with Gasteiger partial charge in [0.1, 0.15) is 5.75 Å². The average Bonchev–Trinajstić information content (AvgIpc) is 3.38. The Labute approximate surface area is 187 Å². The van der Waals surface area contributed by atoms with Crippen LogP contribution in [0.4, 0.5) is 4.79 Å². The molecule has 166 valence electrons. The maximum Gasteiger partial charge on any atom is 0.414 e. The Balaban J connectivity index is 1.47. The molecule has 0 aliphatic carbocycles. The molecule has 1 aromatic heterocycles. The summed E-state index contributed by atoms with van der Waals surface area (Å²) >= 11 is 0. The van der Waals surface area contributed by atoms with E-state index in [1.807, 2.05) is 6.07 Å². The van der Waals surface area contributed by atoms with Crippen LogP contribution < -0.4 is 10.1 Å². The van der Waals surface area contributed by atoms with E-state index < -0.39 is 6.09 Å². The van der Waals surface area contributed by atoms with E-state index >= 15 is 0 Å². The van der Waals surface area contributed by atoms with Gasteiger partial charge in [0.25, 0.3) is 5.91 Å². The highest BCUT2D eigenvalue weighted by molar-refractivity contribution is 6.06. The van der Waals surface area contributed by atoms with Crippen molar-refractivity contribution in [2.75, 3.05) is 27.2 Å². The van der Waals surface area contributed by atoms with E-state index in [4.69, 9.17) is 4.74 Å². The molecule has 2 aliphatic rings. The molecule has 7 heteroatoms. The summed E-state index contributed by atoms with van der Waals surface area (Å²) in [5.74, 6) is 0.267. The van der Waals surface area contributed by atoms with E-state index in [9.17, 15) is 9.59 Å². The number of likely N-dealkylation sites (tertiary alicyclic amines) is 1. The summed E-state index contributed by atoms with van der Waals surface area (Å²) in [6.45, 7) is 3.66. The van der Waals surface area contributed by atoms with Crippen LogP contribution in [0.1, 0.15) is 40.7 Å². The Morgan fingerprint density at radius 1 is 1.09 bits per heavy atom. The molecule has 2 aliphatic heterocycles. The summed E-state index contributed by atoms with van der Waals surface area (Å²) in [4.78, 5) is 32.0. The first-order valence-electron chi connectivity index (χ1n) is 11.2. The number of rotatable bonds is 4. The maximum absolute atomic E-state index is 12.6. The van der Waals surface area contributed by atoms with Crippen LogP contribution in [0.2, 0.25) is 0 Å². The third-order valence-electron chi connectivity index (χ3n) is 6.32. The molecule has 0 atom stereocenters. The average molecular weight is 433 g/mol. The molecule has 0 bridgehead atoms. The molecule has 1 saturated heterocycles. The van der Waals surface area contributed by atoms with Crippen molar-refractivity contribution in [3.63, 3.8) is 0 Å². The smallest absolute Gasteiger partial charge is 0.410 e. The third kappa shape index (κ3) is 3.84. The summed E-state index contributed by atoms with van der Waals surface area (Å²) in [5, 5.41) is 3.99. The molecule has 32 heavy (non-hydrogen) atoms. The second-order valence-electron chi connectivity index (χ2n) is 8.85. The molecule has 2 aromatic carbocycles. The minimum Gasteiger partial charge on any atom is -0.410 e. The molecular weight excluding hydrogens is 404 g/mol. The second kappa shape index (κ2) is 8.31. The molecule has 7 nitrogen and oxygen atoms in total. The monoisotopic (exact) mass is 432 g/mol. The summed E-state index contributed by atoms with van der Waals surface area (Å²) < 4.78 is 5.48. The predicted molar refractivity (Wildman–Crippen MR) is 124 cm³/mol. The van der Waals surface area contributed by atoms with Crippen molar-refractivity contribution in [2.24, 2.45) is 0 Å². The minimum absolute atomic E-state index is 0.151. The number of carbonyl (C=O) groups excluding carboxylic acids is 2. The van der Waals surface area contributed by atoms with Gasteiger partial charge in [-0.1, -0.05) is 12.5 Å². The Bertz CT molecular complexity index is 1190. The Kier molecular flexibility index (Phi) is 5.35. The van der Waals surface area contributed by atoms with Crippen LogP contribution >= 0.6 is 0 Å². The van der Waals surface area contributed by atoms with E-state index in [-0.39, 0.29) is 5.91 Å². The lowest BCUT2D eigenvalue weighted by atomic mass is 9.99. The standard InChI is InChI=1S/C25H28N4O3/c1-28(2)25(31)32-22-9-7-18(23-19(22)14-26-24(23)30)21-13-17-12-16(6-8-20(17)27-21)15-29-10-4-3-5-11-29/h6-9,12-13,27H,3-5,10-11,14-15H2,1-2H3,(H,26,30). The van der Waals surface area contributed by atoms with Crippen molar-refractivity contribution < 1.29 is 14.3 Å². The largest absolute Gasteiger partial charge is 0.414 e. The van der Waals surface area contributed by atoms with Gasteiger partial charge in [0, 0.05) is 54.9 Å². The van der Waals surface area contributed by atoms with Gasteiger partial charge in [0.15, 0.2) is 0 Å². The summed E-state index contributed by atoms with van der Waals surface area (Å²) in [7, 11) is 3.26. The van der Waals surface area contributed by atoms with Gasteiger partial charge < -0.3 is 19.9 Å². The van der Waals surface area contributed by atoms with Crippen LogP contribution in [0, 0.1) is 0 Å². The Hall–Kier alpha value is -3.32. The number of nitrogens with zero attached hydrogens (tertiary/aromatic N) is 2. The fourth-order valence-electron chi connectivity index (χ4n) is 4.63. The Morgan fingerprint density at radius 2 is 1.91 bits per heavy atom. The van der Waals surface area contributed by atoms with E-state index in [0.29, 0.717) is 23.4 Å². The van der Waals surface area contributed by atoms with Crippen LogP contribution in [-0.2, 0) is 13.1 Å². The fourth-order valence-corrected chi connectivity index (χ4v) is 4.63. The van der Waals surface area contributed by atoms with Crippen LogP contribution in [0.5, 0.6) is 5.75 Å². The van der Waals surface area contributed by atoms with Gasteiger partial charge >= 0.3 is 6.09 Å². The van der Waals surface area contributed by atoms with Crippen LogP contribution in [-0.4, -0.2) is 54.0 Å². The normalized spacial score (nSPS) is 16.1. The lowest BCUT2D eigenvalue weighted by Crippen LogP contribution is -2.28. The third-order valence-corrected chi connectivity index (χ3v) is 6.32. The van der Waals surface area contributed by atoms with Crippen LogP contribution in [0.15, 0.2) is 36.4 Å². The molecule has 3 heterocycles. The van der Waals surface area contributed by atoms with E-state index in [1.54, 1.807) is 20.2 Å². The van der Waals surface area contributed by atoms with Crippen molar-refractivity contribution >= 4 is 22.9 Å². The second-order valence-corrected chi connectivity index (χ2v) is 8.85. The van der Waals surface area contributed by atoms with Gasteiger partial charge in [-0.05, 0) is 61.8 Å². The number of nitrogens with one attached hydrogen (secondary N) is 2. The first-order valence-corrected chi connectivity index (χ1v) is 11.2. The quantitative estimate of drug-likeness (QED) is 0.650. The number of benzene rings is 2. The molecule has 2 amide bonds. The fraction of sp³-hybridized carbons (Fsp3) is 0.360. The number of piperidine rings is 1. The number of hydrogen-bond donors (Lipinski definition) is 2. The highest BCUT2D eigenvalue weighted by Gasteiger charge is 2.28. The van der Waals surface area contributed by atoms with Gasteiger partial charge in [-0.15, -0.1) is 0 Å². The molecular formula is C25H28N4O3. The number of H-pyrrole nitrogens is 1. The molecule has 0 saturated carbocycles. The van der Waals surface area contributed by atoms with Gasteiger partial charge in [-0.25, -0.2) is 4.79 Å². The lowest BCUT2D eigenvalue weighted by Gasteiger charge is -2.26. The summed E-state index contributed by atoms with van der Waals surface area (Å²) in [6, 6.07) is 12.2. The minimum atomic E-state index is -0.467. The van der Waals surface area contributed by atoms with Crippen LogP contribution in [0.3, 0.4) is 0 Å². The highest BCUT2D eigenvalue weighted by Crippen LogP contribution is 2.36. The van der Waals surface area contributed by atoms with Gasteiger partial charge in [-0.3, -0.25) is 9.69 Å². The first-order chi connectivity index (χ1) is 15.5. The topological polar surface area (TPSA) is 77.7 Å². The number of hydrogen-bond acceptors (Lipinski definition) is 4. The van der Waals surface area contributed by atoms with E-state index in [0.717, 1.165) is 28.7 Å². The lowest BCUT2D eigenvalue weighted by molar-refractivity contribution is 0.0966. The van der Waals surface area contributed by atoms with Gasteiger partial charge in [0.2, 0.25) is 0 Å². The number of amides is 2. The molecule has 5 rings (SSSR count). The molecule has 2 N–H and O–H groups in total. The number of aromatic amines is 1. The van der Waals surface area contributed by atoms with Crippen molar-refractivity contribution in [1.29, 1.82) is 0 Å². The number of ether oxygens (including phenoxy) is 1. The number of fused-ring (bicyclic) bond motifs is 2.